The zero-order chi connectivity index (χ0) is 22.4. The van der Waals surface area contributed by atoms with Crippen LogP contribution in [0.3, 0.4) is 0 Å². The van der Waals surface area contributed by atoms with Gasteiger partial charge in [-0.15, -0.1) is 0 Å². The van der Waals surface area contributed by atoms with Gasteiger partial charge in [0.1, 0.15) is 11.4 Å². The molecular weight excluding hydrogens is 423 g/mol. The monoisotopic (exact) mass is 448 g/mol. The number of benzene rings is 2. The van der Waals surface area contributed by atoms with E-state index in [9.17, 15) is 19.1 Å². The molecule has 0 spiro atoms. The van der Waals surface area contributed by atoms with Crippen molar-refractivity contribution in [2.75, 3.05) is 13.2 Å². The molecule has 0 saturated carbocycles. The molecule has 1 fully saturated rings. The molecule has 1 heterocycles. The van der Waals surface area contributed by atoms with Crippen LogP contribution in [0, 0.1) is 5.82 Å². The lowest BCUT2D eigenvalue weighted by molar-refractivity contribution is -0.133. The molecule has 2 N–H and O–H groups in total. The molecule has 0 aromatic heterocycles. The molecule has 31 heavy (non-hydrogen) atoms. The summed E-state index contributed by atoms with van der Waals surface area (Å²) in [5.74, 6) is -0.878. The fourth-order valence-corrected chi connectivity index (χ4v) is 3.85. The van der Waals surface area contributed by atoms with Crippen LogP contribution in [-0.4, -0.2) is 41.2 Å². The molecule has 0 bridgehead atoms. The van der Waals surface area contributed by atoms with Crippen LogP contribution in [0.15, 0.2) is 48.5 Å². The fourth-order valence-electron chi connectivity index (χ4n) is 3.66. The Morgan fingerprint density at radius 1 is 1.19 bits per heavy atom. The third kappa shape index (κ3) is 5.23. The van der Waals surface area contributed by atoms with E-state index in [4.69, 9.17) is 16.3 Å². The molecule has 2 unspecified atom stereocenters. The average molecular weight is 449 g/mol. The number of rotatable bonds is 10. The highest BCUT2D eigenvalue weighted by atomic mass is 35.5. The summed E-state index contributed by atoms with van der Waals surface area (Å²) in [6.07, 6.45) is 0.841. The topological polar surface area (TPSA) is 78.9 Å². The Labute approximate surface area is 186 Å². The molecule has 8 heteroatoms. The number of ether oxygens (including phenoxy) is 1. The van der Waals surface area contributed by atoms with Crippen molar-refractivity contribution in [1.29, 1.82) is 0 Å². The van der Waals surface area contributed by atoms with Crippen LogP contribution in [0.5, 0.6) is 0 Å². The van der Waals surface area contributed by atoms with E-state index in [0.717, 1.165) is 16.9 Å². The molecule has 2 aromatic rings. The molecule has 2 atom stereocenters. The maximum absolute atomic E-state index is 13.4. The van der Waals surface area contributed by atoms with Crippen LogP contribution in [0.25, 0.3) is 0 Å². The van der Waals surface area contributed by atoms with Crippen LogP contribution >= 0.6 is 11.6 Å². The molecule has 3 amide bonds. The van der Waals surface area contributed by atoms with Gasteiger partial charge >= 0.3 is 6.03 Å². The number of imide groups is 1. The van der Waals surface area contributed by atoms with Crippen molar-refractivity contribution in [1.82, 2.24) is 10.2 Å². The van der Waals surface area contributed by atoms with E-state index in [1.165, 1.54) is 24.3 Å². The number of carbonyl (C=O) groups excluding carboxylic acids is 2. The Balaban J connectivity index is 1.67. The number of nitrogens with one attached hydrogen (secondary N) is 1. The van der Waals surface area contributed by atoms with Crippen molar-refractivity contribution in [2.45, 2.75) is 44.4 Å². The Morgan fingerprint density at radius 3 is 2.58 bits per heavy atom. The van der Waals surface area contributed by atoms with Gasteiger partial charge in [0, 0.05) is 5.02 Å². The highest BCUT2D eigenvalue weighted by Gasteiger charge is 2.52. The van der Waals surface area contributed by atoms with E-state index in [2.05, 4.69) is 5.32 Å². The van der Waals surface area contributed by atoms with Crippen LogP contribution < -0.4 is 5.32 Å². The number of unbranched alkanes of at least 4 members (excludes halogenated alkanes) is 1. The third-order valence-corrected chi connectivity index (χ3v) is 5.71. The average Bonchev–Trinajstić information content (AvgIpc) is 2.99. The van der Waals surface area contributed by atoms with Crippen LogP contribution in [0.4, 0.5) is 9.18 Å². The summed E-state index contributed by atoms with van der Waals surface area (Å²) in [5.41, 5.74) is 0.0350. The van der Waals surface area contributed by atoms with E-state index in [1.807, 2.05) is 25.1 Å². The number of β-amino-alcohol motifs (C(OH)–C–C–N with tert-alkyl or cyclic N) is 1. The number of urea groups is 1. The minimum absolute atomic E-state index is 0.0687. The van der Waals surface area contributed by atoms with Gasteiger partial charge in [0.25, 0.3) is 5.91 Å². The van der Waals surface area contributed by atoms with Crippen LogP contribution in [0.2, 0.25) is 5.02 Å². The molecule has 1 aliphatic rings. The molecule has 6 nitrogen and oxygen atoms in total. The van der Waals surface area contributed by atoms with Gasteiger partial charge in [-0.25, -0.2) is 9.18 Å². The van der Waals surface area contributed by atoms with Gasteiger partial charge < -0.3 is 15.2 Å². The van der Waals surface area contributed by atoms with Crippen molar-refractivity contribution < 1.29 is 23.8 Å². The SMILES string of the molecule is CCCCC1(c2ccc(F)cc2)NC(=O)N(CC(O)COCc2ccccc2Cl)C1=O. The number of hydrogen-bond donors (Lipinski definition) is 2. The normalized spacial score (nSPS) is 19.5. The third-order valence-electron chi connectivity index (χ3n) is 5.34. The van der Waals surface area contributed by atoms with Gasteiger partial charge in [0.2, 0.25) is 0 Å². The molecule has 3 rings (SSSR count). The van der Waals surface area contributed by atoms with E-state index >= 15 is 0 Å². The largest absolute Gasteiger partial charge is 0.389 e. The Hall–Kier alpha value is -2.48. The molecular formula is C23H26ClFN2O4. The number of nitrogens with zero attached hydrogens (tertiary/aromatic N) is 1. The number of aliphatic hydroxyl groups excluding tert-OH is 1. The summed E-state index contributed by atoms with van der Waals surface area (Å²) in [4.78, 5) is 26.9. The lowest BCUT2D eigenvalue weighted by Gasteiger charge is -2.27. The van der Waals surface area contributed by atoms with Gasteiger partial charge in [-0.3, -0.25) is 9.69 Å². The number of halogens is 2. The lowest BCUT2D eigenvalue weighted by atomic mass is 9.84. The lowest BCUT2D eigenvalue weighted by Crippen LogP contribution is -2.45. The Kier molecular flexibility index (Phi) is 7.64. The van der Waals surface area contributed by atoms with Crippen LogP contribution in [0.1, 0.15) is 37.3 Å². The summed E-state index contributed by atoms with van der Waals surface area (Å²) in [6.45, 7) is 1.91. The van der Waals surface area contributed by atoms with Crippen LogP contribution in [-0.2, 0) is 21.7 Å². The fraction of sp³-hybridized carbons (Fsp3) is 0.391. The Morgan fingerprint density at radius 2 is 1.90 bits per heavy atom. The molecule has 166 valence electrons. The second-order valence-corrected chi connectivity index (χ2v) is 8.03. The first-order valence-corrected chi connectivity index (χ1v) is 10.6. The first kappa shape index (κ1) is 23.2. The number of hydrogen-bond acceptors (Lipinski definition) is 4. The van der Waals surface area contributed by atoms with Crippen molar-refractivity contribution in [3.05, 3.63) is 70.5 Å². The first-order valence-electron chi connectivity index (χ1n) is 10.3. The van der Waals surface area contributed by atoms with Gasteiger partial charge in [0.05, 0.1) is 25.9 Å². The smallest absolute Gasteiger partial charge is 0.325 e. The van der Waals surface area contributed by atoms with E-state index in [1.54, 1.807) is 6.07 Å². The highest BCUT2D eigenvalue weighted by Crippen LogP contribution is 2.34. The van der Waals surface area contributed by atoms with Crippen molar-refractivity contribution in [3.8, 4) is 0 Å². The predicted octanol–water partition coefficient (Wildman–Crippen LogP) is 3.99. The van der Waals surface area contributed by atoms with Gasteiger partial charge in [0.15, 0.2) is 0 Å². The summed E-state index contributed by atoms with van der Waals surface area (Å²) >= 11 is 6.08. The highest BCUT2D eigenvalue weighted by molar-refractivity contribution is 6.31. The number of amides is 3. The van der Waals surface area contributed by atoms with Gasteiger partial charge in [-0.05, 0) is 35.7 Å². The Bertz CT molecular complexity index is 924. The predicted molar refractivity (Wildman–Crippen MR) is 115 cm³/mol. The molecule has 2 aromatic carbocycles. The summed E-state index contributed by atoms with van der Waals surface area (Å²) in [6, 6.07) is 12.2. The van der Waals surface area contributed by atoms with Crippen molar-refractivity contribution >= 4 is 23.5 Å². The summed E-state index contributed by atoms with van der Waals surface area (Å²) in [7, 11) is 0. The molecule has 0 aliphatic carbocycles. The minimum atomic E-state index is -1.26. The summed E-state index contributed by atoms with van der Waals surface area (Å²) < 4.78 is 18.9. The first-order chi connectivity index (χ1) is 14.9. The second kappa shape index (κ2) is 10.2. The standard InChI is InChI=1S/C23H26ClFN2O4/c1-2-3-12-23(17-8-10-18(25)11-9-17)21(29)27(22(30)26-23)13-19(28)15-31-14-16-6-4-5-7-20(16)24/h4-11,19,28H,2-3,12-15H2,1H3,(H,26,30). The maximum atomic E-state index is 13.4. The van der Waals surface area contributed by atoms with E-state index < -0.39 is 29.4 Å². The maximum Gasteiger partial charge on any atom is 0.325 e. The van der Waals surface area contributed by atoms with Gasteiger partial charge in [-0.1, -0.05) is 61.7 Å². The summed E-state index contributed by atoms with van der Waals surface area (Å²) in [5, 5.41) is 13.7. The number of carbonyl (C=O) groups is 2. The van der Waals surface area contributed by atoms with E-state index in [0.29, 0.717) is 23.4 Å². The molecule has 1 saturated heterocycles. The zero-order valence-electron chi connectivity index (χ0n) is 17.3. The number of aliphatic hydroxyl groups is 1. The quantitative estimate of drug-likeness (QED) is 0.538. The molecule has 0 radical (unpaired) electrons. The van der Waals surface area contributed by atoms with Gasteiger partial charge in [-0.2, -0.15) is 0 Å². The molecule has 1 aliphatic heterocycles. The van der Waals surface area contributed by atoms with Crippen molar-refractivity contribution in [2.24, 2.45) is 0 Å². The van der Waals surface area contributed by atoms with Crippen molar-refractivity contribution in [3.63, 3.8) is 0 Å². The zero-order valence-corrected chi connectivity index (χ0v) is 18.1. The minimum Gasteiger partial charge on any atom is -0.389 e. The van der Waals surface area contributed by atoms with E-state index in [-0.39, 0.29) is 19.8 Å². The second-order valence-electron chi connectivity index (χ2n) is 7.62.